The SMILES string of the molecule is Cc1nc2c(O)cccn2c1N=Nc1cccc(C(=O)OC(C)C)c1. The van der Waals surface area contributed by atoms with Gasteiger partial charge in [-0.05, 0) is 51.1 Å². The number of hydrogen-bond donors (Lipinski definition) is 1. The summed E-state index contributed by atoms with van der Waals surface area (Å²) in [6.07, 6.45) is 1.56. The molecule has 0 bridgehead atoms. The molecule has 25 heavy (non-hydrogen) atoms. The Bertz CT molecular complexity index is 960. The summed E-state index contributed by atoms with van der Waals surface area (Å²) >= 11 is 0. The van der Waals surface area contributed by atoms with E-state index in [1.807, 2.05) is 0 Å². The molecule has 3 rings (SSSR count). The van der Waals surface area contributed by atoms with Gasteiger partial charge < -0.3 is 9.84 Å². The summed E-state index contributed by atoms with van der Waals surface area (Å²) in [6.45, 7) is 5.38. The number of benzene rings is 1. The number of fused-ring (bicyclic) bond motifs is 1. The van der Waals surface area contributed by atoms with E-state index in [-0.39, 0.29) is 11.9 Å². The smallest absolute Gasteiger partial charge is 0.338 e. The first-order valence-corrected chi connectivity index (χ1v) is 7.85. The monoisotopic (exact) mass is 338 g/mol. The number of rotatable bonds is 4. The van der Waals surface area contributed by atoms with Gasteiger partial charge in [-0.1, -0.05) is 6.07 Å². The summed E-state index contributed by atoms with van der Waals surface area (Å²) in [5, 5.41) is 18.3. The van der Waals surface area contributed by atoms with Gasteiger partial charge in [0, 0.05) is 6.20 Å². The fraction of sp³-hybridized carbons (Fsp3) is 0.222. The summed E-state index contributed by atoms with van der Waals surface area (Å²) in [5.74, 6) is 0.189. The Morgan fingerprint density at radius 1 is 1.24 bits per heavy atom. The van der Waals surface area contributed by atoms with Crippen molar-refractivity contribution in [1.82, 2.24) is 9.38 Å². The van der Waals surface area contributed by atoms with Crippen molar-refractivity contribution in [1.29, 1.82) is 0 Å². The number of hydrogen-bond acceptors (Lipinski definition) is 6. The standard InChI is InChI=1S/C18H18N4O3/c1-11(2)25-18(24)13-6-4-7-14(10-13)20-21-16-12(3)19-17-15(23)8-5-9-22(16)17/h4-11,23H,1-3H3. The first kappa shape index (κ1) is 16.6. The van der Waals surface area contributed by atoms with Gasteiger partial charge in [0.05, 0.1) is 23.0 Å². The van der Waals surface area contributed by atoms with Crippen LogP contribution in [0.25, 0.3) is 5.65 Å². The van der Waals surface area contributed by atoms with E-state index in [9.17, 15) is 9.90 Å². The first-order valence-electron chi connectivity index (χ1n) is 7.85. The van der Waals surface area contributed by atoms with Crippen molar-refractivity contribution in [3.63, 3.8) is 0 Å². The van der Waals surface area contributed by atoms with Gasteiger partial charge >= 0.3 is 5.97 Å². The molecule has 7 nitrogen and oxygen atoms in total. The Morgan fingerprint density at radius 3 is 2.80 bits per heavy atom. The molecule has 0 aliphatic rings. The minimum absolute atomic E-state index is 0.0745. The second-order valence-corrected chi connectivity index (χ2v) is 5.81. The fourth-order valence-electron chi connectivity index (χ4n) is 2.36. The zero-order valence-corrected chi connectivity index (χ0v) is 14.2. The summed E-state index contributed by atoms with van der Waals surface area (Å²) in [5.41, 5.74) is 1.99. The molecule has 3 aromatic rings. The number of esters is 1. The van der Waals surface area contributed by atoms with Crippen molar-refractivity contribution in [2.24, 2.45) is 10.2 Å². The quantitative estimate of drug-likeness (QED) is 0.566. The number of carbonyl (C=O) groups excluding carboxylic acids is 1. The topological polar surface area (TPSA) is 88.5 Å². The lowest BCUT2D eigenvalue weighted by Crippen LogP contribution is -2.11. The lowest BCUT2D eigenvalue weighted by Gasteiger charge is -2.07. The Morgan fingerprint density at radius 2 is 2.04 bits per heavy atom. The molecule has 0 radical (unpaired) electrons. The highest BCUT2D eigenvalue weighted by molar-refractivity contribution is 5.90. The second-order valence-electron chi connectivity index (χ2n) is 5.81. The zero-order chi connectivity index (χ0) is 18.0. The van der Waals surface area contributed by atoms with E-state index in [0.29, 0.717) is 28.4 Å². The molecule has 1 aromatic carbocycles. The average Bonchev–Trinajstić information content (AvgIpc) is 2.90. The van der Waals surface area contributed by atoms with Crippen LogP contribution < -0.4 is 0 Å². The predicted molar refractivity (Wildman–Crippen MR) is 92.8 cm³/mol. The second kappa shape index (κ2) is 6.72. The van der Waals surface area contributed by atoms with Crippen molar-refractivity contribution in [2.45, 2.75) is 26.9 Å². The third-order valence-electron chi connectivity index (χ3n) is 3.46. The molecule has 1 N–H and O–H groups in total. The maximum atomic E-state index is 12.0. The molecule has 0 atom stereocenters. The van der Waals surface area contributed by atoms with Crippen molar-refractivity contribution in [2.75, 3.05) is 0 Å². The van der Waals surface area contributed by atoms with Crippen molar-refractivity contribution < 1.29 is 14.6 Å². The Labute approximate surface area is 144 Å². The lowest BCUT2D eigenvalue weighted by molar-refractivity contribution is 0.0378. The van der Waals surface area contributed by atoms with Gasteiger partial charge in [0.15, 0.2) is 17.2 Å². The molecule has 0 fully saturated rings. The maximum absolute atomic E-state index is 12.0. The molecule has 0 unspecified atom stereocenters. The highest BCUT2D eigenvalue weighted by atomic mass is 16.5. The van der Waals surface area contributed by atoms with E-state index in [1.54, 1.807) is 67.8 Å². The number of aryl methyl sites for hydroxylation is 1. The number of aromatic hydroxyl groups is 1. The number of pyridine rings is 1. The molecular weight excluding hydrogens is 320 g/mol. The summed E-state index contributed by atoms with van der Waals surface area (Å²) < 4.78 is 6.84. The van der Waals surface area contributed by atoms with E-state index < -0.39 is 5.97 Å². The van der Waals surface area contributed by atoms with Crippen LogP contribution in [0.15, 0.2) is 52.8 Å². The van der Waals surface area contributed by atoms with Crippen molar-refractivity contribution in [3.05, 3.63) is 53.9 Å². The number of ether oxygens (including phenoxy) is 1. The van der Waals surface area contributed by atoms with Crippen LogP contribution in [0.5, 0.6) is 5.75 Å². The number of nitrogens with zero attached hydrogens (tertiary/aromatic N) is 4. The van der Waals surface area contributed by atoms with Crippen LogP contribution in [0.3, 0.4) is 0 Å². The van der Waals surface area contributed by atoms with Crippen LogP contribution in [0.4, 0.5) is 11.5 Å². The molecule has 0 aliphatic carbocycles. The zero-order valence-electron chi connectivity index (χ0n) is 14.2. The predicted octanol–water partition coefficient (Wildman–Crippen LogP) is 4.33. The molecule has 7 heteroatoms. The van der Waals surface area contributed by atoms with Gasteiger partial charge in [-0.3, -0.25) is 4.40 Å². The minimum atomic E-state index is -0.400. The van der Waals surface area contributed by atoms with E-state index in [0.717, 1.165) is 0 Å². The highest BCUT2D eigenvalue weighted by Crippen LogP contribution is 2.27. The lowest BCUT2D eigenvalue weighted by atomic mass is 10.2. The van der Waals surface area contributed by atoms with Gasteiger partial charge in [-0.15, -0.1) is 10.2 Å². The van der Waals surface area contributed by atoms with Gasteiger partial charge in [-0.25, -0.2) is 9.78 Å². The van der Waals surface area contributed by atoms with Crippen LogP contribution in [0, 0.1) is 6.92 Å². The molecule has 0 aliphatic heterocycles. The molecule has 0 saturated carbocycles. The van der Waals surface area contributed by atoms with Crippen LogP contribution in [0.1, 0.15) is 29.9 Å². The Hall–Kier alpha value is -3.22. The van der Waals surface area contributed by atoms with E-state index in [4.69, 9.17) is 4.74 Å². The van der Waals surface area contributed by atoms with Crippen LogP contribution >= 0.6 is 0 Å². The Kier molecular flexibility index (Phi) is 4.47. The summed E-state index contributed by atoms with van der Waals surface area (Å²) in [6, 6.07) is 10.0. The molecule has 2 aromatic heterocycles. The van der Waals surface area contributed by atoms with Crippen LogP contribution in [-0.4, -0.2) is 26.6 Å². The molecule has 0 spiro atoms. The molecule has 128 valence electrons. The highest BCUT2D eigenvalue weighted by Gasteiger charge is 2.12. The number of aromatic nitrogens is 2. The van der Waals surface area contributed by atoms with Gasteiger partial charge in [-0.2, -0.15) is 0 Å². The van der Waals surface area contributed by atoms with Crippen LogP contribution in [-0.2, 0) is 4.74 Å². The largest absolute Gasteiger partial charge is 0.504 e. The van der Waals surface area contributed by atoms with Gasteiger partial charge in [0.25, 0.3) is 0 Å². The van der Waals surface area contributed by atoms with Gasteiger partial charge in [0.1, 0.15) is 0 Å². The first-order chi connectivity index (χ1) is 12.0. The van der Waals surface area contributed by atoms with Gasteiger partial charge in [0.2, 0.25) is 0 Å². The molecule has 0 amide bonds. The number of carbonyl (C=O) groups is 1. The maximum Gasteiger partial charge on any atom is 0.338 e. The minimum Gasteiger partial charge on any atom is -0.504 e. The Balaban J connectivity index is 1.92. The van der Waals surface area contributed by atoms with Crippen molar-refractivity contribution >= 4 is 23.1 Å². The third-order valence-corrected chi connectivity index (χ3v) is 3.46. The van der Waals surface area contributed by atoms with E-state index >= 15 is 0 Å². The normalized spacial score (nSPS) is 11.5. The molecule has 0 saturated heterocycles. The molecule has 2 heterocycles. The van der Waals surface area contributed by atoms with Crippen molar-refractivity contribution in [3.8, 4) is 5.75 Å². The molecular formula is C18H18N4O3. The van der Waals surface area contributed by atoms with E-state index in [1.165, 1.54) is 0 Å². The van der Waals surface area contributed by atoms with E-state index in [2.05, 4.69) is 15.2 Å². The van der Waals surface area contributed by atoms with Crippen LogP contribution in [0.2, 0.25) is 0 Å². The summed E-state index contributed by atoms with van der Waals surface area (Å²) in [7, 11) is 0. The average molecular weight is 338 g/mol. The fourth-order valence-corrected chi connectivity index (χ4v) is 2.36. The number of imidazole rings is 1. The number of azo groups is 1. The summed E-state index contributed by atoms with van der Waals surface area (Å²) in [4.78, 5) is 16.3. The third kappa shape index (κ3) is 3.50.